The first-order valence-electron chi connectivity index (χ1n) is 5.01. The van der Waals surface area contributed by atoms with Crippen molar-refractivity contribution in [2.45, 2.75) is 39.7 Å². The molecular formula is C10H17N3. The zero-order chi connectivity index (χ0) is 9.31. The van der Waals surface area contributed by atoms with Crippen LogP contribution in [0, 0.1) is 11.3 Å². The molecule has 0 aliphatic heterocycles. The quantitative estimate of drug-likeness (QED) is 0.696. The lowest BCUT2D eigenvalue weighted by molar-refractivity contribution is 0.225. The summed E-state index contributed by atoms with van der Waals surface area (Å²) in [5.74, 6) is 0.772. The average Bonchev–Trinajstić information content (AvgIpc) is 2.63. The third-order valence-electron chi connectivity index (χ3n) is 3.35. The molecule has 1 aromatic rings. The van der Waals surface area contributed by atoms with E-state index < -0.39 is 0 Å². The lowest BCUT2D eigenvalue weighted by atomic mass is 9.82. The van der Waals surface area contributed by atoms with Gasteiger partial charge in [-0.25, -0.2) is 4.98 Å². The zero-order valence-electron chi connectivity index (χ0n) is 8.40. The van der Waals surface area contributed by atoms with Gasteiger partial charge in [0.1, 0.15) is 12.7 Å². The Bertz CT molecular complexity index is 264. The number of nitrogens with zero attached hydrogens (tertiary/aromatic N) is 3. The summed E-state index contributed by atoms with van der Waals surface area (Å²) in [6.45, 7) is 5.76. The summed E-state index contributed by atoms with van der Waals surface area (Å²) < 4.78 is 1.96. The maximum Gasteiger partial charge on any atom is 0.137 e. The minimum Gasteiger partial charge on any atom is -0.253 e. The lowest BCUT2D eigenvalue weighted by Crippen LogP contribution is -2.22. The molecule has 2 rings (SSSR count). The normalized spacial score (nSPS) is 26.5. The summed E-state index contributed by atoms with van der Waals surface area (Å²) in [7, 11) is 0. The predicted molar refractivity (Wildman–Crippen MR) is 51.1 cm³/mol. The van der Waals surface area contributed by atoms with Gasteiger partial charge in [0.15, 0.2) is 0 Å². The Morgan fingerprint density at radius 2 is 2.38 bits per heavy atom. The highest BCUT2D eigenvalue weighted by Crippen LogP contribution is 2.43. The van der Waals surface area contributed by atoms with Crippen LogP contribution in [-0.2, 0) is 6.54 Å². The summed E-state index contributed by atoms with van der Waals surface area (Å²) in [6.07, 6.45) is 7.49. The third-order valence-corrected chi connectivity index (χ3v) is 3.35. The second kappa shape index (κ2) is 3.13. The molecule has 0 N–H and O–H groups in total. The molecule has 1 aliphatic carbocycles. The Morgan fingerprint density at radius 3 is 2.92 bits per heavy atom. The summed E-state index contributed by atoms with van der Waals surface area (Å²) in [5.41, 5.74) is 0.492. The molecule has 1 fully saturated rings. The molecule has 0 saturated heterocycles. The molecule has 1 saturated carbocycles. The van der Waals surface area contributed by atoms with Crippen molar-refractivity contribution < 1.29 is 0 Å². The first kappa shape index (κ1) is 8.73. The van der Waals surface area contributed by atoms with Gasteiger partial charge in [-0.2, -0.15) is 5.10 Å². The molecule has 3 nitrogen and oxygen atoms in total. The van der Waals surface area contributed by atoms with Crippen LogP contribution in [0.5, 0.6) is 0 Å². The Kier molecular flexibility index (Phi) is 2.10. The molecule has 0 radical (unpaired) electrons. The predicted octanol–water partition coefficient (Wildman–Crippen LogP) is 2.10. The van der Waals surface area contributed by atoms with E-state index in [2.05, 4.69) is 23.9 Å². The van der Waals surface area contributed by atoms with Crippen LogP contribution in [0.15, 0.2) is 12.7 Å². The van der Waals surface area contributed by atoms with E-state index in [-0.39, 0.29) is 0 Å². The second-order valence-corrected chi connectivity index (χ2v) is 4.70. The van der Waals surface area contributed by atoms with Crippen molar-refractivity contribution in [3.05, 3.63) is 12.7 Å². The van der Waals surface area contributed by atoms with Crippen LogP contribution in [0.4, 0.5) is 0 Å². The molecule has 1 heterocycles. The van der Waals surface area contributed by atoms with Gasteiger partial charge < -0.3 is 0 Å². The second-order valence-electron chi connectivity index (χ2n) is 4.70. The fourth-order valence-electron chi connectivity index (χ4n) is 2.29. The van der Waals surface area contributed by atoms with Gasteiger partial charge in [0.25, 0.3) is 0 Å². The monoisotopic (exact) mass is 179 g/mol. The minimum atomic E-state index is 0.492. The van der Waals surface area contributed by atoms with Gasteiger partial charge in [-0.3, -0.25) is 4.68 Å². The maximum atomic E-state index is 4.15. The molecular weight excluding hydrogens is 162 g/mol. The first-order chi connectivity index (χ1) is 6.18. The van der Waals surface area contributed by atoms with Crippen molar-refractivity contribution in [2.75, 3.05) is 0 Å². The highest BCUT2D eigenvalue weighted by Gasteiger charge is 2.34. The van der Waals surface area contributed by atoms with E-state index >= 15 is 0 Å². The molecule has 0 amide bonds. The fourth-order valence-corrected chi connectivity index (χ4v) is 2.29. The highest BCUT2D eigenvalue weighted by molar-refractivity contribution is 4.84. The molecule has 0 bridgehead atoms. The smallest absolute Gasteiger partial charge is 0.137 e. The van der Waals surface area contributed by atoms with Crippen molar-refractivity contribution >= 4 is 0 Å². The van der Waals surface area contributed by atoms with Crippen molar-refractivity contribution in [1.29, 1.82) is 0 Å². The van der Waals surface area contributed by atoms with Gasteiger partial charge in [0, 0.05) is 6.54 Å². The Labute approximate surface area is 79.2 Å². The minimum absolute atomic E-state index is 0.492. The Morgan fingerprint density at radius 1 is 1.54 bits per heavy atom. The highest BCUT2D eigenvalue weighted by atomic mass is 15.3. The van der Waals surface area contributed by atoms with Crippen LogP contribution < -0.4 is 0 Å². The van der Waals surface area contributed by atoms with E-state index in [1.54, 1.807) is 6.33 Å². The van der Waals surface area contributed by atoms with Crippen LogP contribution in [0.3, 0.4) is 0 Å². The SMILES string of the molecule is CC1(C)CCC[C@@H]1Cn1cncn1. The van der Waals surface area contributed by atoms with Gasteiger partial charge >= 0.3 is 0 Å². The van der Waals surface area contributed by atoms with Gasteiger partial charge in [0.2, 0.25) is 0 Å². The van der Waals surface area contributed by atoms with Crippen LogP contribution >= 0.6 is 0 Å². The van der Waals surface area contributed by atoms with Crippen LogP contribution in [0.25, 0.3) is 0 Å². The lowest BCUT2D eigenvalue weighted by Gasteiger charge is -2.26. The van der Waals surface area contributed by atoms with Crippen LogP contribution in [-0.4, -0.2) is 14.8 Å². The molecule has 1 aliphatic rings. The summed E-state index contributed by atoms with van der Waals surface area (Å²) in [4.78, 5) is 3.96. The van der Waals surface area contributed by atoms with Crippen molar-refractivity contribution in [1.82, 2.24) is 14.8 Å². The molecule has 0 unspecified atom stereocenters. The third kappa shape index (κ3) is 1.74. The van der Waals surface area contributed by atoms with E-state index in [9.17, 15) is 0 Å². The molecule has 0 aromatic carbocycles. The van der Waals surface area contributed by atoms with Gasteiger partial charge in [-0.15, -0.1) is 0 Å². The molecule has 13 heavy (non-hydrogen) atoms. The molecule has 72 valence electrons. The van der Waals surface area contributed by atoms with Crippen molar-refractivity contribution in [2.24, 2.45) is 11.3 Å². The number of hydrogen-bond acceptors (Lipinski definition) is 2. The Hall–Kier alpha value is -0.860. The van der Waals surface area contributed by atoms with E-state index in [0.717, 1.165) is 12.5 Å². The maximum absolute atomic E-state index is 4.15. The van der Waals surface area contributed by atoms with Crippen molar-refractivity contribution in [3.63, 3.8) is 0 Å². The number of aromatic nitrogens is 3. The van der Waals surface area contributed by atoms with Gasteiger partial charge in [-0.1, -0.05) is 20.3 Å². The number of rotatable bonds is 2. The van der Waals surface area contributed by atoms with E-state index in [0.29, 0.717) is 5.41 Å². The average molecular weight is 179 g/mol. The zero-order valence-corrected chi connectivity index (χ0v) is 8.40. The van der Waals surface area contributed by atoms with Crippen molar-refractivity contribution in [3.8, 4) is 0 Å². The first-order valence-corrected chi connectivity index (χ1v) is 5.01. The van der Waals surface area contributed by atoms with Crippen LogP contribution in [0.2, 0.25) is 0 Å². The molecule has 1 aromatic heterocycles. The standard InChI is InChI=1S/C10H17N3/c1-10(2)5-3-4-9(10)6-13-8-11-7-12-13/h7-9H,3-6H2,1-2H3/t9-/m1/s1. The van der Waals surface area contributed by atoms with Gasteiger partial charge in [-0.05, 0) is 24.2 Å². The topological polar surface area (TPSA) is 30.7 Å². The van der Waals surface area contributed by atoms with E-state index in [1.165, 1.54) is 19.3 Å². The van der Waals surface area contributed by atoms with Gasteiger partial charge in [0.05, 0.1) is 0 Å². The van der Waals surface area contributed by atoms with E-state index in [1.807, 2.05) is 11.0 Å². The summed E-state index contributed by atoms with van der Waals surface area (Å²) >= 11 is 0. The Balaban J connectivity index is 2.02. The molecule has 0 spiro atoms. The largest absolute Gasteiger partial charge is 0.253 e. The molecule has 3 heteroatoms. The van der Waals surface area contributed by atoms with Crippen LogP contribution in [0.1, 0.15) is 33.1 Å². The summed E-state index contributed by atoms with van der Waals surface area (Å²) in [5, 5.41) is 4.15. The fraction of sp³-hybridized carbons (Fsp3) is 0.800. The van der Waals surface area contributed by atoms with E-state index in [4.69, 9.17) is 0 Å². The molecule has 1 atom stereocenters. The summed E-state index contributed by atoms with van der Waals surface area (Å²) in [6, 6.07) is 0. The number of hydrogen-bond donors (Lipinski definition) is 0.